The molecule has 0 unspecified atom stereocenters. The lowest BCUT2D eigenvalue weighted by Crippen LogP contribution is -2.17. The highest BCUT2D eigenvalue weighted by Crippen LogP contribution is 2.27. The molecule has 1 aliphatic rings. The van der Waals surface area contributed by atoms with Crippen LogP contribution in [0.2, 0.25) is 0 Å². The highest BCUT2D eigenvalue weighted by atomic mass is 32.2. The second kappa shape index (κ2) is 8.73. The summed E-state index contributed by atoms with van der Waals surface area (Å²) >= 11 is 6.24. The molecule has 3 rings (SSSR count). The van der Waals surface area contributed by atoms with Crippen LogP contribution in [0.15, 0.2) is 53.4 Å². The number of carbonyl (C=O) groups is 1. The van der Waals surface area contributed by atoms with Crippen LogP contribution in [0.1, 0.15) is 5.56 Å². The molecule has 0 spiro atoms. The van der Waals surface area contributed by atoms with Crippen molar-refractivity contribution in [3.8, 4) is 17.2 Å². The van der Waals surface area contributed by atoms with Gasteiger partial charge in [0.25, 0.3) is 5.91 Å². The standard InChI is InChI=1S/C19H17NO4S2/c1-22-14-5-3-7-16(12-14)24-9-8-23-15-6-2-4-13(10-15)11-17-18(21)20-19(25)26-17/h2-7,10-12H,8-9H2,1H3,(H,20,21,25)/b17-11+. The second-order valence-corrected chi connectivity index (χ2v) is 7.02. The largest absolute Gasteiger partial charge is 0.497 e. The van der Waals surface area contributed by atoms with E-state index in [2.05, 4.69) is 5.32 Å². The Kier molecular flexibility index (Phi) is 6.14. The van der Waals surface area contributed by atoms with Gasteiger partial charge in [0, 0.05) is 6.07 Å². The van der Waals surface area contributed by atoms with E-state index in [0.717, 1.165) is 17.1 Å². The number of methoxy groups -OCH3 is 1. The minimum Gasteiger partial charge on any atom is -0.497 e. The summed E-state index contributed by atoms with van der Waals surface area (Å²) in [7, 11) is 1.62. The molecule has 26 heavy (non-hydrogen) atoms. The van der Waals surface area contributed by atoms with E-state index in [4.69, 9.17) is 26.4 Å². The molecule has 134 valence electrons. The summed E-state index contributed by atoms with van der Waals surface area (Å²) in [5.41, 5.74) is 0.874. The quantitative estimate of drug-likeness (QED) is 0.445. The molecule has 0 saturated carbocycles. The molecule has 1 heterocycles. The second-order valence-electron chi connectivity index (χ2n) is 5.30. The van der Waals surface area contributed by atoms with Gasteiger partial charge in [0.05, 0.1) is 12.0 Å². The maximum atomic E-state index is 11.7. The smallest absolute Gasteiger partial charge is 0.263 e. The van der Waals surface area contributed by atoms with Crippen molar-refractivity contribution in [1.82, 2.24) is 5.32 Å². The van der Waals surface area contributed by atoms with E-state index in [1.807, 2.05) is 48.5 Å². The Labute approximate surface area is 161 Å². The number of carbonyl (C=O) groups excluding carboxylic acids is 1. The molecule has 5 nitrogen and oxygen atoms in total. The van der Waals surface area contributed by atoms with Gasteiger partial charge in [0.15, 0.2) is 0 Å². The summed E-state index contributed by atoms with van der Waals surface area (Å²) in [6.07, 6.45) is 1.79. The molecule has 2 aromatic rings. The van der Waals surface area contributed by atoms with Gasteiger partial charge in [-0.2, -0.15) is 0 Å². The molecule has 7 heteroatoms. The van der Waals surface area contributed by atoms with Crippen LogP contribution in [0.25, 0.3) is 6.08 Å². The van der Waals surface area contributed by atoms with Crippen molar-refractivity contribution in [3.63, 3.8) is 0 Å². The van der Waals surface area contributed by atoms with Gasteiger partial charge in [-0.25, -0.2) is 0 Å². The Balaban J connectivity index is 1.53. The topological polar surface area (TPSA) is 56.8 Å². The van der Waals surface area contributed by atoms with E-state index in [9.17, 15) is 4.79 Å². The zero-order valence-electron chi connectivity index (χ0n) is 14.1. The molecule has 0 bridgehead atoms. The molecule has 1 aliphatic heterocycles. The highest BCUT2D eigenvalue weighted by Gasteiger charge is 2.21. The average Bonchev–Trinajstić information content (AvgIpc) is 2.96. The van der Waals surface area contributed by atoms with Gasteiger partial charge in [0.2, 0.25) is 0 Å². The zero-order valence-corrected chi connectivity index (χ0v) is 15.7. The summed E-state index contributed by atoms with van der Waals surface area (Å²) in [4.78, 5) is 12.3. The predicted molar refractivity (Wildman–Crippen MR) is 107 cm³/mol. The lowest BCUT2D eigenvalue weighted by atomic mass is 10.2. The van der Waals surface area contributed by atoms with Crippen molar-refractivity contribution in [2.45, 2.75) is 0 Å². The third-order valence-electron chi connectivity index (χ3n) is 3.46. The van der Waals surface area contributed by atoms with Gasteiger partial charge in [-0.1, -0.05) is 42.2 Å². The van der Waals surface area contributed by atoms with Crippen LogP contribution in [-0.2, 0) is 4.79 Å². The SMILES string of the molecule is COc1cccc(OCCOc2cccc(/C=C3/SC(=S)NC3=O)c2)c1. The maximum Gasteiger partial charge on any atom is 0.263 e. The van der Waals surface area contributed by atoms with E-state index in [0.29, 0.717) is 28.2 Å². The van der Waals surface area contributed by atoms with Crippen LogP contribution < -0.4 is 19.5 Å². The van der Waals surface area contributed by atoms with E-state index >= 15 is 0 Å². The van der Waals surface area contributed by atoms with E-state index < -0.39 is 0 Å². The van der Waals surface area contributed by atoms with Gasteiger partial charge >= 0.3 is 0 Å². The zero-order chi connectivity index (χ0) is 18.4. The first-order chi connectivity index (χ1) is 12.6. The number of hydrogen-bond donors (Lipinski definition) is 1. The van der Waals surface area contributed by atoms with Crippen LogP contribution in [0.5, 0.6) is 17.2 Å². The van der Waals surface area contributed by atoms with E-state index in [-0.39, 0.29) is 5.91 Å². The van der Waals surface area contributed by atoms with Gasteiger partial charge in [0.1, 0.15) is 34.8 Å². The molecule has 0 radical (unpaired) electrons. The summed E-state index contributed by atoms with van der Waals surface area (Å²) in [5, 5.41) is 2.60. The van der Waals surface area contributed by atoms with Crippen molar-refractivity contribution < 1.29 is 19.0 Å². The van der Waals surface area contributed by atoms with E-state index in [1.54, 1.807) is 13.2 Å². The van der Waals surface area contributed by atoms with Crippen molar-refractivity contribution in [2.75, 3.05) is 20.3 Å². The Morgan fingerprint density at radius 2 is 1.69 bits per heavy atom. The number of hydrogen-bond acceptors (Lipinski definition) is 6. The fourth-order valence-corrected chi connectivity index (χ4v) is 3.32. The number of ether oxygens (including phenoxy) is 3. The fourth-order valence-electron chi connectivity index (χ4n) is 2.28. The number of thiocarbonyl (C=S) groups is 1. The van der Waals surface area contributed by atoms with Crippen LogP contribution in [0, 0.1) is 0 Å². The number of nitrogens with one attached hydrogen (secondary N) is 1. The maximum absolute atomic E-state index is 11.7. The molecule has 0 aliphatic carbocycles. The third-order valence-corrected chi connectivity index (χ3v) is 4.62. The van der Waals surface area contributed by atoms with Gasteiger partial charge in [-0.15, -0.1) is 0 Å². The molecular weight excluding hydrogens is 370 g/mol. The number of benzene rings is 2. The molecule has 1 N–H and O–H groups in total. The van der Waals surface area contributed by atoms with Crippen molar-refractivity contribution in [3.05, 3.63) is 59.0 Å². The first-order valence-electron chi connectivity index (χ1n) is 7.88. The van der Waals surface area contributed by atoms with Crippen LogP contribution >= 0.6 is 24.0 Å². The van der Waals surface area contributed by atoms with Crippen molar-refractivity contribution in [1.29, 1.82) is 0 Å². The third kappa shape index (κ3) is 5.00. The predicted octanol–water partition coefficient (Wildman–Crippen LogP) is 3.64. The molecule has 0 atom stereocenters. The summed E-state index contributed by atoms with van der Waals surface area (Å²) < 4.78 is 17.0. The normalized spacial score (nSPS) is 15.0. The Hall–Kier alpha value is -2.51. The Morgan fingerprint density at radius 3 is 2.35 bits per heavy atom. The fraction of sp³-hybridized carbons (Fsp3) is 0.158. The summed E-state index contributed by atoms with van der Waals surface area (Å²) in [6.45, 7) is 0.807. The van der Waals surface area contributed by atoms with Crippen LogP contribution in [0.4, 0.5) is 0 Å². The number of thioether (sulfide) groups is 1. The molecule has 1 fully saturated rings. The van der Waals surface area contributed by atoms with Gasteiger partial charge < -0.3 is 19.5 Å². The minimum atomic E-state index is -0.169. The van der Waals surface area contributed by atoms with Crippen LogP contribution in [-0.4, -0.2) is 30.6 Å². The van der Waals surface area contributed by atoms with Crippen LogP contribution in [0.3, 0.4) is 0 Å². The highest BCUT2D eigenvalue weighted by molar-refractivity contribution is 8.26. The lowest BCUT2D eigenvalue weighted by Gasteiger charge is -2.09. The molecule has 2 aromatic carbocycles. The first kappa shape index (κ1) is 18.3. The number of rotatable bonds is 7. The molecule has 1 saturated heterocycles. The molecule has 0 aromatic heterocycles. The lowest BCUT2D eigenvalue weighted by molar-refractivity contribution is -0.115. The van der Waals surface area contributed by atoms with E-state index in [1.165, 1.54) is 11.8 Å². The number of amides is 1. The minimum absolute atomic E-state index is 0.169. The molecule has 1 amide bonds. The monoisotopic (exact) mass is 387 g/mol. The molecular formula is C19H17NO4S2. The Bertz CT molecular complexity index is 851. The van der Waals surface area contributed by atoms with Gasteiger partial charge in [-0.05, 0) is 35.9 Å². The first-order valence-corrected chi connectivity index (χ1v) is 9.11. The van der Waals surface area contributed by atoms with Crippen molar-refractivity contribution in [2.24, 2.45) is 0 Å². The van der Waals surface area contributed by atoms with Gasteiger partial charge in [-0.3, -0.25) is 4.79 Å². The summed E-state index contributed by atoms with van der Waals surface area (Å²) in [5.74, 6) is 2.02. The van der Waals surface area contributed by atoms with Crippen molar-refractivity contribution >= 4 is 40.3 Å². The average molecular weight is 387 g/mol. The summed E-state index contributed by atoms with van der Waals surface area (Å²) in [6, 6.07) is 14.9. The Morgan fingerprint density at radius 1 is 1.04 bits per heavy atom.